The Labute approximate surface area is 148 Å². The van der Waals surface area contributed by atoms with Gasteiger partial charge in [0.05, 0.1) is 6.04 Å². The van der Waals surface area contributed by atoms with Gasteiger partial charge in [-0.2, -0.15) is 4.52 Å². The first kappa shape index (κ1) is 16.7. The van der Waals surface area contributed by atoms with Gasteiger partial charge in [-0.1, -0.05) is 73.2 Å². The van der Waals surface area contributed by atoms with E-state index in [1.54, 1.807) is 16.3 Å². The molecule has 0 aliphatic heterocycles. The largest absolute Gasteiger partial charge is 0.321 e. The summed E-state index contributed by atoms with van der Waals surface area (Å²) >= 11 is 9.36. The van der Waals surface area contributed by atoms with Crippen LogP contribution in [0.15, 0.2) is 28.6 Å². The van der Waals surface area contributed by atoms with Crippen LogP contribution < -0.4 is 5.73 Å². The Kier molecular flexibility index (Phi) is 5.21. The second-order valence-corrected chi connectivity index (χ2v) is 8.00. The molecule has 2 aromatic heterocycles. The van der Waals surface area contributed by atoms with E-state index in [-0.39, 0.29) is 6.04 Å². The summed E-state index contributed by atoms with van der Waals surface area (Å²) in [4.78, 5) is 0.778. The van der Waals surface area contributed by atoms with Crippen molar-refractivity contribution in [3.63, 3.8) is 0 Å². The van der Waals surface area contributed by atoms with Crippen molar-refractivity contribution in [1.29, 1.82) is 0 Å². The zero-order valence-corrected chi connectivity index (χ0v) is 15.3. The Morgan fingerprint density at radius 3 is 2.87 bits per heavy atom. The van der Waals surface area contributed by atoms with Crippen LogP contribution in [0, 0.1) is 5.92 Å². The van der Waals surface area contributed by atoms with E-state index in [1.165, 1.54) is 11.3 Å². The summed E-state index contributed by atoms with van der Waals surface area (Å²) in [5, 5.41) is 13.8. The van der Waals surface area contributed by atoms with Crippen molar-refractivity contribution in [1.82, 2.24) is 19.8 Å². The molecule has 1 aromatic carbocycles. The highest BCUT2D eigenvalue weighted by Gasteiger charge is 2.21. The third-order valence-electron chi connectivity index (χ3n) is 3.86. The fourth-order valence-corrected chi connectivity index (χ4v) is 4.31. The van der Waals surface area contributed by atoms with Crippen LogP contribution in [0.5, 0.6) is 0 Å². The molecule has 122 valence electrons. The standard InChI is InChI=1S/C15H18ClN5S2/c1-3-9(2)12(17)13-18-19-14-21(13)20-15(23-14)22-8-10-6-4-5-7-11(10)16/h4-7,9,12H,3,8,17H2,1-2H3. The van der Waals surface area contributed by atoms with Gasteiger partial charge in [0.25, 0.3) is 0 Å². The number of halogens is 1. The smallest absolute Gasteiger partial charge is 0.235 e. The summed E-state index contributed by atoms with van der Waals surface area (Å²) in [5.74, 6) is 1.84. The molecule has 0 aliphatic carbocycles. The van der Waals surface area contributed by atoms with E-state index in [9.17, 15) is 0 Å². The monoisotopic (exact) mass is 367 g/mol. The van der Waals surface area contributed by atoms with Crippen LogP contribution >= 0.6 is 34.7 Å². The van der Waals surface area contributed by atoms with E-state index < -0.39 is 0 Å². The summed E-state index contributed by atoms with van der Waals surface area (Å²) in [6.07, 6.45) is 0.994. The molecule has 0 bridgehead atoms. The molecule has 3 aromatic rings. The first-order chi connectivity index (χ1) is 11.1. The summed E-state index contributed by atoms with van der Waals surface area (Å²) in [5.41, 5.74) is 7.37. The van der Waals surface area contributed by atoms with Gasteiger partial charge in [0.2, 0.25) is 4.96 Å². The van der Waals surface area contributed by atoms with E-state index >= 15 is 0 Å². The Morgan fingerprint density at radius 2 is 2.13 bits per heavy atom. The van der Waals surface area contributed by atoms with Crippen molar-refractivity contribution >= 4 is 39.7 Å². The number of hydrogen-bond acceptors (Lipinski definition) is 6. The maximum Gasteiger partial charge on any atom is 0.235 e. The fourth-order valence-electron chi connectivity index (χ4n) is 2.14. The minimum Gasteiger partial charge on any atom is -0.321 e. The summed E-state index contributed by atoms with van der Waals surface area (Å²) in [7, 11) is 0. The van der Waals surface area contributed by atoms with Crippen molar-refractivity contribution in [2.45, 2.75) is 36.4 Å². The molecule has 8 heteroatoms. The van der Waals surface area contributed by atoms with E-state index in [4.69, 9.17) is 17.3 Å². The molecule has 0 radical (unpaired) electrons. The first-order valence-electron chi connectivity index (χ1n) is 7.44. The number of hydrogen-bond donors (Lipinski definition) is 1. The quantitative estimate of drug-likeness (QED) is 0.662. The van der Waals surface area contributed by atoms with Gasteiger partial charge in [-0.25, -0.2) is 0 Å². The Bertz CT molecular complexity index is 800. The number of rotatable bonds is 6. The van der Waals surface area contributed by atoms with Crippen LogP contribution in [-0.2, 0) is 5.75 Å². The molecule has 2 unspecified atom stereocenters. The number of nitrogens with two attached hydrogens (primary N) is 1. The maximum atomic E-state index is 6.27. The van der Waals surface area contributed by atoms with E-state index in [1.807, 2.05) is 24.3 Å². The molecule has 0 spiro atoms. The predicted octanol–water partition coefficient (Wildman–Crippen LogP) is 4.18. The maximum absolute atomic E-state index is 6.27. The molecule has 2 atom stereocenters. The Morgan fingerprint density at radius 1 is 1.35 bits per heavy atom. The molecule has 3 rings (SSSR count). The fraction of sp³-hybridized carbons (Fsp3) is 0.400. The van der Waals surface area contributed by atoms with Crippen LogP contribution in [0.4, 0.5) is 0 Å². The molecule has 0 amide bonds. The summed E-state index contributed by atoms with van der Waals surface area (Å²) < 4.78 is 2.71. The molecule has 2 heterocycles. The van der Waals surface area contributed by atoms with Crippen molar-refractivity contribution in [2.24, 2.45) is 11.7 Å². The summed E-state index contributed by atoms with van der Waals surface area (Å²) in [6, 6.07) is 7.70. The minimum absolute atomic E-state index is 0.154. The Balaban J connectivity index is 1.78. The molecular weight excluding hydrogens is 350 g/mol. The van der Waals surface area contributed by atoms with E-state index in [2.05, 4.69) is 29.1 Å². The lowest BCUT2D eigenvalue weighted by atomic mass is 10.00. The number of nitrogens with zero attached hydrogens (tertiary/aromatic N) is 4. The number of thioether (sulfide) groups is 1. The number of fused-ring (bicyclic) bond motifs is 1. The van der Waals surface area contributed by atoms with Crippen LogP contribution in [0.2, 0.25) is 5.02 Å². The molecule has 5 nitrogen and oxygen atoms in total. The van der Waals surface area contributed by atoms with Gasteiger partial charge in [0.15, 0.2) is 10.2 Å². The lowest BCUT2D eigenvalue weighted by Gasteiger charge is -2.15. The second-order valence-electron chi connectivity index (χ2n) is 5.41. The van der Waals surface area contributed by atoms with Gasteiger partial charge < -0.3 is 5.73 Å². The van der Waals surface area contributed by atoms with Crippen molar-refractivity contribution in [3.05, 3.63) is 40.7 Å². The minimum atomic E-state index is -0.154. The topological polar surface area (TPSA) is 69.1 Å². The highest BCUT2D eigenvalue weighted by molar-refractivity contribution is 8.00. The average molecular weight is 368 g/mol. The average Bonchev–Trinajstić information content (AvgIpc) is 3.12. The Hall–Kier alpha value is -1.15. The zero-order valence-electron chi connectivity index (χ0n) is 12.9. The SMILES string of the molecule is CCC(C)C(N)c1nnc2sc(SCc3ccccc3Cl)nn12. The lowest BCUT2D eigenvalue weighted by Crippen LogP contribution is -2.21. The van der Waals surface area contributed by atoms with Crippen LogP contribution in [-0.4, -0.2) is 19.8 Å². The molecule has 0 saturated carbocycles. The predicted molar refractivity (Wildman–Crippen MR) is 96.1 cm³/mol. The first-order valence-corrected chi connectivity index (χ1v) is 9.62. The normalized spacial score (nSPS) is 14.3. The molecule has 23 heavy (non-hydrogen) atoms. The highest BCUT2D eigenvalue weighted by Crippen LogP contribution is 2.31. The van der Waals surface area contributed by atoms with Gasteiger partial charge in [0, 0.05) is 10.8 Å². The molecule has 2 N–H and O–H groups in total. The lowest BCUT2D eigenvalue weighted by molar-refractivity contribution is 0.431. The molecule has 0 fully saturated rings. The van der Waals surface area contributed by atoms with Crippen molar-refractivity contribution in [2.75, 3.05) is 0 Å². The van der Waals surface area contributed by atoms with Gasteiger partial charge in [-0.3, -0.25) is 0 Å². The van der Waals surface area contributed by atoms with Crippen molar-refractivity contribution < 1.29 is 0 Å². The third-order valence-corrected chi connectivity index (χ3v) is 6.31. The number of benzene rings is 1. The van der Waals surface area contributed by atoms with Gasteiger partial charge in [-0.05, 0) is 17.5 Å². The second kappa shape index (κ2) is 7.17. The number of aromatic nitrogens is 4. The molecule has 0 aliphatic rings. The summed E-state index contributed by atoms with van der Waals surface area (Å²) in [6.45, 7) is 4.24. The van der Waals surface area contributed by atoms with Crippen LogP contribution in [0.25, 0.3) is 4.96 Å². The van der Waals surface area contributed by atoms with Gasteiger partial charge in [0.1, 0.15) is 0 Å². The van der Waals surface area contributed by atoms with Crippen molar-refractivity contribution in [3.8, 4) is 0 Å². The van der Waals surface area contributed by atoms with Crippen LogP contribution in [0.1, 0.15) is 37.7 Å². The van der Waals surface area contributed by atoms with Gasteiger partial charge in [-0.15, -0.1) is 15.3 Å². The van der Waals surface area contributed by atoms with E-state index in [0.717, 1.165) is 37.9 Å². The van der Waals surface area contributed by atoms with Gasteiger partial charge >= 0.3 is 0 Å². The molecule has 0 saturated heterocycles. The molecular formula is C15H18ClN5S2. The third kappa shape index (κ3) is 3.52. The van der Waals surface area contributed by atoms with Crippen LogP contribution in [0.3, 0.4) is 0 Å². The highest BCUT2D eigenvalue weighted by atomic mass is 35.5. The van der Waals surface area contributed by atoms with E-state index in [0.29, 0.717) is 5.92 Å². The zero-order chi connectivity index (χ0) is 16.4.